The minimum absolute atomic E-state index is 0.176. The largest absolute Gasteiger partial charge is 0.344 e. The summed E-state index contributed by atoms with van der Waals surface area (Å²) in [6, 6.07) is 3.95. The van der Waals surface area contributed by atoms with E-state index in [1.165, 1.54) is 4.90 Å². The van der Waals surface area contributed by atoms with Crippen LogP contribution < -0.4 is 0 Å². The molecule has 1 unspecified atom stereocenters. The maximum absolute atomic E-state index is 11.6. The molecule has 0 rings (SSSR count). The van der Waals surface area contributed by atoms with Gasteiger partial charge in [0.25, 0.3) is 0 Å². The van der Waals surface area contributed by atoms with Gasteiger partial charge in [-0.05, 0) is 6.42 Å². The normalized spacial score (nSPS) is 11.1. The van der Waals surface area contributed by atoms with E-state index in [2.05, 4.69) is 0 Å². The fourth-order valence-corrected chi connectivity index (χ4v) is 1.13. The molecule has 0 aromatic carbocycles. The number of hydrogen-bond acceptors (Lipinski definition) is 3. The van der Waals surface area contributed by atoms with Crippen LogP contribution in [0.25, 0.3) is 0 Å². The molecule has 4 nitrogen and oxygen atoms in total. The van der Waals surface area contributed by atoms with Crippen molar-refractivity contribution >= 4 is 5.91 Å². The van der Waals surface area contributed by atoms with Crippen LogP contribution in [0.1, 0.15) is 26.2 Å². The van der Waals surface area contributed by atoms with Crippen LogP contribution in [-0.4, -0.2) is 24.4 Å². The number of amides is 1. The number of hydrogen-bond donors (Lipinski definition) is 0. The second kappa shape index (κ2) is 6.91. The van der Waals surface area contributed by atoms with Crippen LogP contribution in [0.2, 0.25) is 0 Å². The summed E-state index contributed by atoms with van der Waals surface area (Å²) >= 11 is 0. The van der Waals surface area contributed by atoms with Crippen LogP contribution >= 0.6 is 0 Å². The first kappa shape index (κ1) is 12.4. The summed E-state index contributed by atoms with van der Waals surface area (Å²) in [5.41, 5.74) is 0. The standard InChI is InChI=1S/C10H15N3O/c1-3-5-9(8-12)10(14)13(2)7-4-6-11/h9H,3-5,7H2,1-2H3. The third kappa shape index (κ3) is 3.91. The van der Waals surface area contributed by atoms with E-state index in [-0.39, 0.29) is 5.91 Å². The van der Waals surface area contributed by atoms with Crippen molar-refractivity contribution in [3.8, 4) is 12.1 Å². The van der Waals surface area contributed by atoms with Gasteiger partial charge < -0.3 is 4.90 Å². The quantitative estimate of drug-likeness (QED) is 0.660. The topological polar surface area (TPSA) is 67.9 Å². The van der Waals surface area contributed by atoms with Crippen LogP contribution in [0.4, 0.5) is 0 Å². The summed E-state index contributed by atoms with van der Waals surface area (Å²) in [6.07, 6.45) is 1.72. The number of rotatable bonds is 5. The Morgan fingerprint density at radius 3 is 2.57 bits per heavy atom. The molecule has 0 radical (unpaired) electrons. The van der Waals surface area contributed by atoms with Gasteiger partial charge in [-0.1, -0.05) is 13.3 Å². The molecule has 76 valence electrons. The fraction of sp³-hybridized carbons (Fsp3) is 0.700. The van der Waals surface area contributed by atoms with Crippen LogP contribution in [0, 0.1) is 28.6 Å². The number of carbonyl (C=O) groups is 1. The molecule has 0 fully saturated rings. The highest BCUT2D eigenvalue weighted by Crippen LogP contribution is 2.08. The Morgan fingerprint density at radius 1 is 1.50 bits per heavy atom. The van der Waals surface area contributed by atoms with Crippen molar-refractivity contribution in [3.05, 3.63) is 0 Å². The van der Waals surface area contributed by atoms with Crippen molar-refractivity contribution in [1.29, 1.82) is 10.5 Å². The van der Waals surface area contributed by atoms with Crippen LogP contribution in [0.5, 0.6) is 0 Å². The van der Waals surface area contributed by atoms with E-state index in [9.17, 15) is 4.79 Å². The van der Waals surface area contributed by atoms with Crippen LogP contribution in [-0.2, 0) is 4.79 Å². The monoisotopic (exact) mass is 193 g/mol. The molecule has 1 amide bonds. The minimum atomic E-state index is -0.552. The molecule has 0 heterocycles. The Labute approximate surface area is 84.7 Å². The summed E-state index contributed by atoms with van der Waals surface area (Å²) in [5, 5.41) is 17.1. The molecule has 0 N–H and O–H groups in total. The highest BCUT2D eigenvalue weighted by Gasteiger charge is 2.20. The Morgan fingerprint density at radius 2 is 2.14 bits per heavy atom. The first-order valence-corrected chi connectivity index (χ1v) is 4.68. The molecule has 0 aliphatic rings. The summed E-state index contributed by atoms with van der Waals surface area (Å²) < 4.78 is 0. The summed E-state index contributed by atoms with van der Waals surface area (Å²) in [4.78, 5) is 13.0. The van der Waals surface area contributed by atoms with Gasteiger partial charge in [0, 0.05) is 13.6 Å². The van der Waals surface area contributed by atoms with Crippen molar-refractivity contribution < 1.29 is 4.79 Å². The van der Waals surface area contributed by atoms with E-state index in [4.69, 9.17) is 10.5 Å². The molecule has 0 aromatic heterocycles. The molecular formula is C10H15N3O. The molecule has 0 saturated heterocycles. The Kier molecular flexibility index (Phi) is 6.15. The predicted octanol–water partition coefficient (Wildman–Crippen LogP) is 1.30. The zero-order chi connectivity index (χ0) is 11.0. The third-order valence-corrected chi connectivity index (χ3v) is 1.97. The lowest BCUT2D eigenvalue weighted by Crippen LogP contribution is -2.32. The van der Waals surface area contributed by atoms with Crippen molar-refractivity contribution in [2.24, 2.45) is 5.92 Å². The molecule has 4 heteroatoms. The Bertz CT molecular complexity index is 262. The lowest BCUT2D eigenvalue weighted by molar-refractivity contribution is -0.132. The van der Waals surface area contributed by atoms with E-state index < -0.39 is 5.92 Å². The maximum Gasteiger partial charge on any atom is 0.239 e. The average molecular weight is 193 g/mol. The number of nitriles is 2. The van der Waals surface area contributed by atoms with Gasteiger partial charge in [0.2, 0.25) is 5.91 Å². The Balaban J connectivity index is 4.16. The van der Waals surface area contributed by atoms with Crippen LogP contribution in [0.3, 0.4) is 0 Å². The van der Waals surface area contributed by atoms with Gasteiger partial charge >= 0.3 is 0 Å². The van der Waals surface area contributed by atoms with Crippen molar-refractivity contribution in [2.75, 3.05) is 13.6 Å². The highest BCUT2D eigenvalue weighted by atomic mass is 16.2. The third-order valence-electron chi connectivity index (χ3n) is 1.97. The number of carbonyl (C=O) groups excluding carboxylic acids is 1. The molecule has 1 atom stereocenters. The van der Waals surface area contributed by atoms with Gasteiger partial charge in [-0.15, -0.1) is 0 Å². The van der Waals surface area contributed by atoms with Gasteiger partial charge in [-0.2, -0.15) is 10.5 Å². The summed E-state index contributed by atoms with van der Waals surface area (Å²) in [7, 11) is 1.62. The second-order valence-corrected chi connectivity index (χ2v) is 3.14. The summed E-state index contributed by atoms with van der Waals surface area (Å²) in [6.45, 7) is 2.34. The van der Waals surface area contributed by atoms with Gasteiger partial charge in [0.15, 0.2) is 0 Å². The Hall–Kier alpha value is -1.55. The average Bonchev–Trinajstić information content (AvgIpc) is 2.21. The fourth-order valence-electron chi connectivity index (χ4n) is 1.13. The van der Waals surface area contributed by atoms with Gasteiger partial charge in [0.05, 0.1) is 18.6 Å². The molecule has 0 aliphatic heterocycles. The maximum atomic E-state index is 11.6. The zero-order valence-corrected chi connectivity index (χ0v) is 8.66. The van der Waals surface area contributed by atoms with Crippen LogP contribution in [0.15, 0.2) is 0 Å². The number of nitrogens with zero attached hydrogens (tertiary/aromatic N) is 3. The van der Waals surface area contributed by atoms with Gasteiger partial charge in [0.1, 0.15) is 5.92 Å². The van der Waals surface area contributed by atoms with Gasteiger partial charge in [-0.25, -0.2) is 0 Å². The molecule has 14 heavy (non-hydrogen) atoms. The zero-order valence-electron chi connectivity index (χ0n) is 8.66. The van der Waals surface area contributed by atoms with E-state index in [1.807, 2.05) is 19.1 Å². The highest BCUT2D eigenvalue weighted by molar-refractivity contribution is 5.80. The minimum Gasteiger partial charge on any atom is -0.344 e. The van der Waals surface area contributed by atoms with Crippen molar-refractivity contribution in [2.45, 2.75) is 26.2 Å². The lowest BCUT2D eigenvalue weighted by Gasteiger charge is -2.18. The van der Waals surface area contributed by atoms with Gasteiger partial charge in [-0.3, -0.25) is 4.79 Å². The van der Waals surface area contributed by atoms with E-state index in [0.717, 1.165) is 6.42 Å². The van der Waals surface area contributed by atoms with E-state index in [1.54, 1.807) is 7.05 Å². The van der Waals surface area contributed by atoms with Crippen molar-refractivity contribution in [1.82, 2.24) is 4.90 Å². The molecule has 0 bridgehead atoms. The molecular weight excluding hydrogens is 178 g/mol. The molecule has 0 aromatic rings. The second-order valence-electron chi connectivity index (χ2n) is 3.14. The first-order valence-electron chi connectivity index (χ1n) is 4.68. The lowest BCUT2D eigenvalue weighted by atomic mass is 10.0. The SMILES string of the molecule is CCCC(C#N)C(=O)N(C)CCC#N. The summed E-state index contributed by atoms with van der Waals surface area (Å²) in [5.74, 6) is -0.728. The first-order chi connectivity index (χ1) is 6.67. The molecule has 0 spiro atoms. The predicted molar refractivity (Wildman–Crippen MR) is 51.9 cm³/mol. The van der Waals surface area contributed by atoms with Crippen molar-refractivity contribution in [3.63, 3.8) is 0 Å². The van der Waals surface area contributed by atoms with E-state index in [0.29, 0.717) is 19.4 Å². The molecule has 0 saturated carbocycles. The molecule has 0 aliphatic carbocycles. The smallest absolute Gasteiger partial charge is 0.239 e. The van der Waals surface area contributed by atoms with E-state index >= 15 is 0 Å².